The summed E-state index contributed by atoms with van der Waals surface area (Å²) in [7, 11) is 0. The molecule has 2 aromatic heterocycles. The average molecular weight is 207 g/mol. The van der Waals surface area contributed by atoms with Gasteiger partial charge >= 0.3 is 0 Å². The second-order valence-electron chi connectivity index (χ2n) is 3.05. The number of carbonyl (C=O) groups is 1. The number of rotatable bonds is 1. The zero-order valence-corrected chi connectivity index (χ0v) is 8.68. The van der Waals surface area contributed by atoms with Gasteiger partial charge in [0.25, 0.3) is 0 Å². The van der Waals surface area contributed by atoms with Gasteiger partial charge < -0.3 is 5.73 Å². The van der Waals surface area contributed by atoms with Crippen LogP contribution in [0, 0.1) is 13.8 Å². The van der Waals surface area contributed by atoms with Gasteiger partial charge in [-0.15, -0.1) is 11.3 Å². The van der Waals surface area contributed by atoms with Crippen molar-refractivity contribution < 1.29 is 4.79 Å². The van der Waals surface area contributed by atoms with Crippen LogP contribution in [0.5, 0.6) is 0 Å². The summed E-state index contributed by atoms with van der Waals surface area (Å²) in [5, 5.41) is 2.52. The van der Waals surface area contributed by atoms with Gasteiger partial charge in [0.1, 0.15) is 10.7 Å². The van der Waals surface area contributed by atoms with Crippen LogP contribution in [0.2, 0.25) is 0 Å². The second-order valence-corrected chi connectivity index (χ2v) is 3.91. The van der Waals surface area contributed by atoms with Crippen LogP contribution in [0.15, 0.2) is 5.38 Å². The number of carbonyl (C=O) groups excluding carboxylic acids is 1. The van der Waals surface area contributed by atoms with Gasteiger partial charge in [0, 0.05) is 10.8 Å². The van der Waals surface area contributed by atoms with Crippen LogP contribution < -0.4 is 5.73 Å². The molecule has 5 heteroatoms. The second kappa shape index (κ2) is 3.02. The van der Waals surface area contributed by atoms with Crippen LogP contribution in [0.25, 0.3) is 10.2 Å². The lowest BCUT2D eigenvalue weighted by Crippen LogP contribution is -2.10. The van der Waals surface area contributed by atoms with Gasteiger partial charge in [-0.2, -0.15) is 0 Å². The summed E-state index contributed by atoms with van der Waals surface area (Å²) >= 11 is 1.42. The fourth-order valence-electron chi connectivity index (χ4n) is 1.43. The van der Waals surface area contributed by atoms with Crippen LogP contribution in [0.3, 0.4) is 0 Å². The summed E-state index contributed by atoms with van der Waals surface area (Å²) < 4.78 is 0. The molecule has 72 valence electrons. The molecule has 2 aromatic rings. The van der Waals surface area contributed by atoms with Crippen molar-refractivity contribution in [1.82, 2.24) is 9.97 Å². The maximum absolute atomic E-state index is 11.1. The molecular formula is C9H9N3OS. The molecule has 2 heterocycles. The quantitative estimate of drug-likeness (QED) is 0.768. The van der Waals surface area contributed by atoms with Crippen LogP contribution in [0.4, 0.5) is 0 Å². The average Bonchev–Trinajstić information content (AvgIpc) is 2.47. The van der Waals surface area contributed by atoms with Crippen molar-refractivity contribution in [1.29, 1.82) is 0 Å². The number of aromatic nitrogens is 2. The fraction of sp³-hybridized carbons (Fsp3) is 0.222. The minimum atomic E-state index is -0.424. The number of amides is 1. The maximum Gasteiger partial charge on any atom is 0.250 e. The van der Waals surface area contributed by atoms with Crippen molar-refractivity contribution in [2.75, 3.05) is 0 Å². The highest BCUT2D eigenvalue weighted by atomic mass is 32.1. The van der Waals surface area contributed by atoms with Crippen molar-refractivity contribution in [3.05, 3.63) is 22.5 Å². The Balaban J connectivity index is 2.85. The minimum Gasteiger partial charge on any atom is -0.366 e. The van der Waals surface area contributed by atoms with Crippen molar-refractivity contribution >= 4 is 27.5 Å². The van der Waals surface area contributed by atoms with Crippen LogP contribution in [-0.2, 0) is 0 Å². The molecule has 0 aliphatic rings. The van der Waals surface area contributed by atoms with Crippen LogP contribution in [0.1, 0.15) is 21.9 Å². The zero-order chi connectivity index (χ0) is 10.3. The monoisotopic (exact) mass is 207 g/mol. The molecule has 2 N–H and O–H groups in total. The maximum atomic E-state index is 11.1. The van der Waals surface area contributed by atoms with Crippen LogP contribution in [-0.4, -0.2) is 15.9 Å². The van der Waals surface area contributed by atoms with E-state index in [1.54, 1.807) is 5.38 Å². The summed E-state index contributed by atoms with van der Waals surface area (Å²) in [6.07, 6.45) is 0. The summed E-state index contributed by atoms with van der Waals surface area (Å²) in [5.74, 6) is 0.291. The van der Waals surface area contributed by atoms with E-state index in [4.69, 9.17) is 5.73 Å². The van der Waals surface area contributed by atoms with E-state index >= 15 is 0 Å². The van der Waals surface area contributed by atoms with E-state index in [0.717, 1.165) is 15.9 Å². The van der Waals surface area contributed by atoms with Gasteiger partial charge in [-0.05, 0) is 13.8 Å². The van der Waals surface area contributed by atoms with E-state index in [1.807, 2.05) is 13.8 Å². The lowest BCUT2D eigenvalue weighted by molar-refractivity contribution is 0.100. The number of thiophene rings is 1. The molecule has 0 aliphatic heterocycles. The highest BCUT2D eigenvalue weighted by molar-refractivity contribution is 7.17. The van der Waals surface area contributed by atoms with Crippen LogP contribution >= 0.6 is 11.3 Å². The third-order valence-electron chi connectivity index (χ3n) is 1.99. The molecule has 2 rings (SSSR count). The van der Waals surface area contributed by atoms with E-state index in [0.29, 0.717) is 11.4 Å². The van der Waals surface area contributed by atoms with Crippen molar-refractivity contribution in [2.45, 2.75) is 13.8 Å². The standard InChI is InChI=1S/C9H9N3OS/c1-4-7-6(8(10)13)3-14-9(7)12-5(2)11-4/h3H,1-2H3,(H2,10,13). The SMILES string of the molecule is Cc1nc(C)c2c(C(N)=O)csc2n1. The van der Waals surface area contributed by atoms with Gasteiger partial charge in [0.15, 0.2) is 0 Å². The Morgan fingerprint density at radius 1 is 1.43 bits per heavy atom. The molecule has 0 saturated carbocycles. The molecule has 0 saturated heterocycles. The minimum absolute atomic E-state index is 0.424. The lowest BCUT2D eigenvalue weighted by atomic mass is 10.2. The Hall–Kier alpha value is -1.49. The Kier molecular flexibility index (Phi) is 1.96. The molecule has 0 fully saturated rings. The molecule has 0 atom stereocenters. The summed E-state index contributed by atoms with van der Waals surface area (Å²) in [6, 6.07) is 0. The predicted molar refractivity (Wildman–Crippen MR) is 55.4 cm³/mol. The third-order valence-corrected chi connectivity index (χ3v) is 2.86. The highest BCUT2D eigenvalue weighted by Crippen LogP contribution is 2.25. The number of aryl methyl sites for hydroxylation is 2. The predicted octanol–water partition coefficient (Wildman–Crippen LogP) is 1.41. The summed E-state index contributed by atoms with van der Waals surface area (Å²) in [6.45, 7) is 3.69. The van der Waals surface area contributed by atoms with Gasteiger partial charge in [-0.25, -0.2) is 9.97 Å². The Morgan fingerprint density at radius 2 is 2.14 bits per heavy atom. The number of fused-ring (bicyclic) bond motifs is 1. The first-order valence-corrected chi connectivity index (χ1v) is 5.00. The zero-order valence-electron chi connectivity index (χ0n) is 7.87. The van der Waals surface area contributed by atoms with Crippen molar-refractivity contribution in [2.24, 2.45) is 5.73 Å². The number of hydrogen-bond acceptors (Lipinski definition) is 4. The number of primary amides is 1. The first-order valence-electron chi connectivity index (χ1n) is 4.12. The van der Waals surface area contributed by atoms with E-state index in [2.05, 4.69) is 9.97 Å². The fourth-order valence-corrected chi connectivity index (χ4v) is 2.46. The van der Waals surface area contributed by atoms with E-state index < -0.39 is 5.91 Å². The Labute approximate surface area is 84.8 Å². The normalized spacial score (nSPS) is 10.7. The molecule has 4 nitrogen and oxygen atoms in total. The van der Waals surface area contributed by atoms with E-state index in [-0.39, 0.29) is 0 Å². The molecule has 0 radical (unpaired) electrons. The molecule has 0 unspecified atom stereocenters. The Bertz CT molecular complexity index is 518. The third kappa shape index (κ3) is 1.26. The van der Waals surface area contributed by atoms with Gasteiger partial charge in [-0.3, -0.25) is 4.79 Å². The molecule has 14 heavy (non-hydrogen) atoms. The lowest BCUT2D eigenvalue weighted by Gasteiger charge is -1.98. The van der Waals surface area contributed by atoms with Crippen molar-refractivity contribution in [3.8, 4) is 0 Å². The molecule has 0 aromatic carbocycles. The highest BCUT2D eigenvalue weighted by Gasteiger charge is 2.13. The van der Waals surface area contributed by atoms with Crippen molar-refractivity contribution in [3.63, 3.8) is 0 Å². The number of nitrogens with zero attached hydrogens (tertiary/aromatic N) is 2. The molecule has 0 aliphatic carbocycles. The molecule has 0 spiro atoms. The first-order chi connectivity index (χ1) is 6.59. The smallest absolute Gasteiger partial charge is 0.250 e. The Morgan fingerprint density at radius 3 is 2.79 bits per heavy atom. The first kappa shape index (κ1) is 9.08. The summed E-state index contributed by atoms with van der Waals surface area (Å²) in [5.41, 5.74) is 6.57. The number of nitrogens with two attached hydrogens (primary N) is 1. The largest absolute Gasteiger partial charge is 0.366 e. The molecular weight excluding hydrogens is 198 g/mol. The molecule has 0 bridgehead atoms. The summed E-state index contributed by atoms with van der Waals surface area (Å²) in [4.78, 5) is 20.4. The topological polar surface area (TPSA) is 68.9 Å². The molecule has 1 amide bonds. The van der Waals surface area contributed by atoms with Gasteiger partial charge in [0.05, 0.1) is 11.3 Å². The van der Waals surface area contributed by atoms with Gasteiger partial charge in [-0.1, -0.05) is 0 Å². The van der Waals surface area contributed by atoms with E-state index in [9.17, 15) is 4.79 Å². The van der Waals surface area contributed by atoms with E-state index in [1.165, 1.54) is 11.3 Å². The van der Waals surface area contributed by atoms with Gasteiger partial charge in [0.2, 0.25) is 5.91 Å². The number of hydrogen-bond donors (Lipinski definition) is 1.